The molecular formula is C11H10N2O2S. The third-order valence-electron chi connectivity index (χ3n) is 2.10. The SMILES string of the molecule is COc1ccc(-c2csc(C(N)=O)n2)cc1. The number of methoxy groups -OCH3 is 1. The molecule has 0 atom stereocenters. The first-order valence-electron chi connectivity index (χ1n) is 4.60. The molecule has 0 radical (unpaired) electrons. The van der Waals surface area contributed by atoms with Crippen molar-refractivity contribution in [2.75, 3.05) is 7.11 Å². The van der Waals surface area contributed by atoms with Gasteiger partial charge in [0, 0.05) is 10.9 Å². The largest absolute Gasteiger partial charge is 0.497 e. The van der Waals surface area contributed by atoms with Crippen molar-refractivity contribution < 1.29 is 9.53 Å². The molecule has 82 valence electrons. The van der Waals surface area contributed by atoms with Gasteiger partial charge in [-0.2, -0.15) is 0 Å². The highest BCUT2D eigenvalue weighted by Gasteiger charge is 2.08. The number of aromatic nitrogens is 1. The Balaban J connectivity index is 2.31. The van der Waals surface area contributed by atoms with Crippen LogP contribution >= 0.6 is 11.3 Å². The number of carbonyl (C=O) groups excluding carboxylic acids is 1. The number of hydrogen-bond donors (Lipinski definition) is 1. The number of hydrogen-bond acceptors (Lipinski definition) is 4. The van der Waals surface area contributed by atoms with Crippen LogP contribution in [0.2, 0.25) is 0 Å². The number of amides is 1. The Morgan fingerprint density at radius 1 is 1.38 bits per heavy atom. The zero-order valence-electron chi connectivity index (χ0n) is 8.64. The van der Waals surface area contributed by atoms with Crippen molar-refractivity contribution in [3.05, 3.63) is 34.7 Å². The van der Waals surface area contributed by atoms with Gasteiger partial charge < -0.3 is 10.5 Å². The van der Waals surface area contributed by atoms with Crippen LogP contribution in [0, 0.1) is 0 Å². The Morgan fingerprint density at radius 3 is 2.56 bits per heavy atom. The molecular weight excluding hydrogens is 224 g/mol. The van der Waals surface area contributed by atoms with E-state index >= 15 is 0 Å². The van der Waals surface area contributed by atoms with Gasteiger partial charge in [-0.3, -0.25) is 4.79 Å². The Kier molecular flexibility index (Phi) is 2.87. The summed E-state index contributed by atoms with van der Waals surface area (Å²) in [6, 6.07) is 7.47. The molecule has 1 aromatic heterocycles. The predicted molar refractivity (Wildman–Crippen MR) is 62.6 cm³/mol. The van der Waals surface area contributed by atoms with Crippen molar-refractivity contribution in [2.45, 2.75) is 0 Å². The van der Waals surface area contributed by atoms with Crippen LogP contribution in [-0.4, -0.2) is 18.0 Å². The van der Waals surface area contributed by atoms with Crippen molar-refractivity contribution in [3.8, 4) is 17.0 Å². The summed E-state index contributed by atoms with van der Waals surface area (Å²) in [5.41, 5.74) is 6.83. The van der Waals surface area contributed by atoms with Crippen LogP contribution in [0.5, 0.6) is 5.75 Å². The molecule has 2 N–H and O–H groups in total. The summed E-state index contributed by atoms with van der Waals surface area (Å²) in [6.07, 6.45) is 0. The van der Waals surface area contributed by atoms with Gasteiger partial charge in [0.15, 0.2) is 5.01 Å². The molecule has 0 fully saturated rings. The van der Waals surface area contributed by atoms with E-state index in [1.54, 1.807) is 7.11 Å². The average Bonchev–Trinajstić information content (AvgIpc) is 2.78. The zero-order chi connectivity index (χ0) is 11.5. The van der Waals surface area contributed by atoms with Crippen LogP contribution in [-0.2, 0) is 0 Å². The fraction of sp³-hybridized carbons (Fsp3) is 0.0909. The summed E-state index contributed by atoms with van der Waals surface area (Å²) < 4.78 is 5.06. The summed E-state index contributed by atoms with van der Waals surface area (Å²) in [5, 5.41) is 2.13. The van der Waals surface area contributed by atoms with E-state index in [9.17, 15) is 4.79 Å². The van der Waals surface area contributed by atoms with E-state index in [0.717, 1.165) is 17.0 Å². The Hall–Kier alpha value is -1.88. The highest BCUT2D eigenvalue weighted by Crippen LogP contribution is 2.23. The van der Waals surface area contributed by atoms with Crippen LogP contribution in [0.3, 0.4) is 0 Å². The van der Waals surface area contributed by atoms with Crippen molar-refractivity contribution >= 4 is 17.2 Å². The van der Waals surface area contributed by atoms with Gasteiger partial charge in [-0.15, -0.1) is 11.3 Å². The lowest BCUT2D eigenvalue weighted by Crippen LogP contribution is -2.10. The number of thiazole rings is 1. The van der Waals surface area contributed by atoms with E-state index < -0.39 is 5.91 Å². The minimum Gasteiger partial charge on any atom is -0.497 e. The smallest absolute Gasteiger partial charge is 0.277 e. The lowest BCUT2D eigenvalue weighted by atomic mass is 10.2. The number of nitrogens with two attached hydrogens (primary N) is 1. The number of nitrogens with zero attached hydrogens (tertiary/aromatic N) is 1. The summed E-state index contributed by atoms with van der Waals surface area (Å²) in [4.78, 5) is 15.0. The fourth-order valence-electron chi connectivity index (χ4n) is 1.28. The first kappa shape index (κ1) is 10.6. The molecule has 16 heavy (non-hydrogen) atoms. The second kappa shape index (κ2) is 4.32. The number of primary amides is 1. The molecule has 5 heteroatoms. The van der Waals surface area contributed by atoms with E-state index in [-0.39, 0.29) is 0 Å². The van der Waals surface area contributed by atoms with Crippen molar-refractivity contribution in [1.82, 2.24) is 4.98 Å². The minimum atomic E-state index is -0.496. The topological polar surface area (TPSA) is 65.2 Å². The van der Waals surface area contributed by atoms with Crippen molar-refractivity contribution in [2.24, 2.45) is 5.73 Å². The summed E-state index contributed by atoms with van der Waals surface area (Å²) in [7, 11) is 1.61. The number of rotatable bonds is 3. The average molecular weight is 234 g/mol. The standard InChI is InChI=1S/C11H10N2O2S/c1-15-8-4-2-7(3-5-8)9-6-16-11(13-9)10(12)14/h2-6H,1H3,(H2,12,14). The molecule has 4 nitrogen and oxygen atoms in total. The molecule has 0 bridgehead atoms. The van der Waals surface area contributed by atoms with Crippen molar-refractivity contribution in [3.63, 3.8) is 0 Å². The van der Waals surface area contributed by atoms with E-state index in [1.807, 2.05) is 29.6 Å². The quantitative estimate of drug-likeness (QED) is 0.882. The predicted octanol–water partition coefficient (Wildman–Crippen LogP) is 1.92. The Morgan fingerprint density at radius 2 is 2.06 bits per heavy atom. The van der Waals surface area contributed by atoms with Crippen LogP contribution < -0.4 is 10.5 Å². The maximum Gasteiger partial charge on any atom is 0.277 e. The number of carbonyl (C=O) groups is 1. The molecule has 2 aromatic rings. The van der Waals surface area contributed by atoms with Gasteiger partial charge in [0.1, 0.15) is 5.75 Å². The van der Waals surface area contributed by atoms with Gasteiger partial charge in [-0.1, -0.05) is 0 Å². The summed E-state index contributed by atoms with van der Waals surface area (Å²) in [5.74, 6) is 0.291. The van der Waals surface area contributed by atoms with E-state index in [2.05, 4.69) is 4.98 Å². The maximum atomic E-state index is 10.9. The van der Waals surface area contributed by atoms with Gasteiger partial charge in [0.05, 0.1) is 12.8 Å². The number of ether oxygens (including phenoxy) is 1. The molecule has 1 amide bonds. The van der Waals surface area contributed by atoms with Gasteiger partial charge in [0.25, 0.3) is 5.91 Å². The molecule has 0 saturated carbocycles. The van der Waals surface area contributed by atoms with Crippen LogP contribution in [0.25, 0.3) is 11.3 Å². The van der Waals surface area contributed by atoms with E-state index in [4.69, 9.17) is 10.5 Å². The highest BCUT2D eigenvalue weighted by molar-refractivity contribution is 7.12. The Labute approximate surface area is 96.7 Å². The molecule has 0 saturated heterocycles. The Bertz CT molecular complexity index is 505. The molecule has 0 spiro atoms. The first-order valence-corrected chi connectivity index (χ1v) is 5.48. The van der Waals surface area contributed by atoms with Gasteiger partial charge in [-0.25, -0.2) is 4.98 Å². The molecule has 1 aromatic carbocycles. The first-order chi connectivity index (χ1) is 7.70. The van der Waals surface area contributed by atoms with E-state index in [1.165, 1.54) is 11.3 Å². The van der Waals surface area contributed by atoms with E-state index in [0.29, 0.717) is 5.01 Å². The van der Waals surface area contributed by atoms with Gasteiger partial charge >= 0.3 is 0 Å². The third-order valence-corrected chi connectivity index (χ3v) is 2.96. The molecule has 0 aliphatic rings. The summed E-state index contributed by atoms with van der Waals surface area (Å²) >= 11 is 1.25. The lowest BCUT2D eigenvalue weighted by molar-refractivity contribution is 0.1000. The summed E-state index contributed by atoms with van der Waals surface area (Å²) in [6.45, 7) is 0. The molecule has 1 heterocycles. The lowest BCUT2D eigenvalue weighted by Gasteiger charge is -2.00. The second-order valence-electron chi connectivity index (χ2n) is 3.13. The van der Waals surface area contributed by atoms with Crippen LogP contribution in [0.15, 0.2) is 29.6 Å². The second-order valence-corrected chi connectivity index (χ2v) is 3.99. The van der Waals surface area contributed by atoms with Crippen LogP contribution in [0.1, 0.15) is 9.80 Å². The van der Waals surface area contributed by atoms with Gasteiger partial charge in [-0.05, 0) is 24.3 Å². The highest BCUT2D eigenvalue weighted by atomic mass is 32.1. The minimum absolute atomic E-state index is 0.325. The monoisotopic (exact) mass is 234 g/mol. The third kappa shape index (κ3) is 2.04. The molecule has 0 aliphatic carbocycles. The zero-order valence-corrected chi connectivity index (χ0v) is 9.45. The van der Waals surface area contributed by atoms with Crippen molar-refractivity contribution in [1.29, 1.82) is 0 Å². The normalized spacial score (nSPS) is 10.1. The maximum absolute atomic E-state index is 10.9. The fourth-order valence-corrected chi connectivity index (χ4v) is 1.96. The molecule has 0 unspecified atom stereocenters. The van der Waals surface area contributed by atoms with Crippen LogP contribution in [0.4, 0.5) is 0 Å². The van der Waals surface area contributed by atoms with Gasteiger partial charge in [0.2, 0.25) is 0 Å². The molecule has 0 aliphatic heterocycles. The molecule has 2 rings (SSSR count). The number of benzene rings is 1.